The highest BCUT2D eigenvalue weighted by Crippen LogP contribution is 2.30. The van der Waals surface area contributed by atoms with Gasteiger partial charge in [0.05, 0.1) is 6.61 Å². The number of carbonyl (C=O) groups is 1. The Balaban J connectivity index is 2.09. The molecule has 0 bridgehead atoms. The molecule has 0 aromatic heterocycles. The Bertz CT molecular complexity index is 507. The molecule has 0 aliphatic carbocycles. The largest absolute Gasteiger partial charge is 0.394 e. The summed E-state index contributed by atoms with van der Waals surface area (Å²) < 4.78 is 9.70. The van der Waals surface area contributed by atoms with Crippen molar-refractivity contribution in [2.75, 3.05) is 13.2 Å². The van der Waals surface area contributed by atoms with Crippen molar-refractivity contribution in [3.05, 3.63) is 35.9 Å². The van der Waals surface area contributed by atoms with E-state index in [4.69, 9.17) is 14.6 Å². The van der Waals surface area contributed by atoms with E-state index in [1.165, 1.54) is 12.1 Å². The van der Waals surface area contributed by atoms with Gasteiger partial charge in [0.1, 0.15) is 18.8 Å². The number of aliphatic hydroxyl groups excluding tert-OH is 4. The van der Waals surface area contributed by atoms with Gasteiger partial charge >= 0.3 is 0 Å². The summed E-state index contributed by atoms with van der Waals surface area (Å²) in [7, 11) is 0. The molecule has 0 radical (unpaired) electrons. The van der Waals surface area contributed by atoms with Gasteiger partial charge in [-0.05, 0) is 0 Å². The van der Waals surface area contributed by atoms with Crippen LogP contribution in [0.25, 0.3) is 0 Å². The molecule has 8 nitrogen and oxygen atoms in total. The van der Waals surface area contributed by atoms with Crippen LogP contribution in [-0.2, 0) is 9.47 Å². The van der Waals surface area contributed by atoms with E-state index in [0.29, 0.717) is 5.56 Å². The molecule has 0 saturated carbocycles. The topological polar surface area (TPSA) is 137 Å². The average Bonchev–Trinajstić information content (AvgIpc) is 2.55. The van der Waals surface area contributed by atoms with Gasteiger partial charge in [-0.2, -0.15) is 0 Å². The SMILES string of the molecule is O=C(CO[C@]1(O)[C@H](O)C(O)O[C@H](CO)[C@@H]1O)c1ccccc1. The van der Waals surface area contributed by atoms with Gasteiger partial charge in [0.15, 0.2) is 18.2 Å². The lowest BCUT2D eigenvalue weighted by Gasteiger charge is -2.45. The van der Waals surface area contributed by atoms with Crippen molar-refractivity contribution in [1.29, 1.82) is 0 Å². The second kappa shape index (κ2) is 6.80. The molecule has 5 N–H and O–H groups in total. The minimum atomic E-state index is -2.64. The summed E-state index contributed by atoms with van der Waals surface area (Å²) in [6, 6.07) is 8.09. The van der Waals surface area contributed by atoms with E-state index in [9.17, 15) is 25.2 Å². The zero-order valence-electron chi connectivity index (χ0n) is 11.6. The van der Waals surface area contributed by atoms with Crippen molar-refractivity contribution in [2.45, 2.75) is 30.4 Å². The van der Waals surface area contributed by atoms with Gasteiger partial charge in [-0.25, -0.2) is 0 Å². The maximum Gasteiger partial charge on any atom is 0.227 e. The highest BCUT2D eigenvalue weighted by atomic mass is 16.7. The van der Waals surface area contributed by atoms with Gasteiger partial charge in [0.2, 0.25) is 5.79 Å². The second-order valence-corrected chi connectivity index (χ2v) is 4.97. The number of aliphatic hydroxyl groups is 5. The maximum absolute atomic E-state index is 11.9. The fraction of sp³-hybridized carbons (Fsp3) is 0.500. The standard InChI is InChI=1S/C14H18O8/c15-6-10-11(17)14(20,12(18)13(19)22-10)21-7-9(16)8-4-2-1-3-5-8/h1-5,10-13,15,17-20H,6-7H2/t10-,11+,12-,13?,14+/m1/s1. The number of benzene rings is 1. The molecule has 1 saturated heterocycles. The molecule has 0 amide bonds. The highest BCUT2D eigenvalue weighted by Gasteiger charge is 2.56. The normalized spacial score (nSPS) is 35.3. The van der Waals surface area contributed by atoms with Crippen LogP contribution in [0.4, 0.5) is 0 Å². The maximum atomic E-state index is 11.9. The van der Waals surface area contributed by atoms with Crippen molar-refractivity contribution in [3.63, 3.8) is 0 Å². The van der Waals surface area contributed by atoms with Crippen LogP contribution < -0.4 is 0 Å². The van der Waals surface area contributed by atoms with E-state index in [1.54, 1.807) is 18.2 Å². The number of carbonyl (C=O) groups excluding carboxylic acids is 1. The van der Waals surface area contributed by atoms with Crippen molar-refractivity contribution < 1.29 is 39.8 Å². The van der Waals surface area contributed by atoms with Crippen LogP contribution in [0.1, 0.15) is 10.4 Å². The first kappa shape index (κ1) is 17.0. The highest BCUT2D eigenvalue weighted by molar-refractivity contribution is 5.97. The Morgan fingerprint density at radius 2 is 1.82 bits per heavy atom. The number of hydrogen-bond donors (Lipinski definition) is 5. The van der Waals surface area contributed by atoms with Crippen LogP contribution in [-0.4, -0.2) is 74.9 Å². The number of Topliss-reactive ketones (excluding diaryl/α,β-unsaturated/α-hetero) is 1. The van der Waals surface area contributed by atoms with E-state index in [2.05, 4.69) is 0 Å². The Kier molecular flexibility index (Phi) is 5.24. The van der Waals surface area contributed by atoms with E-state index >= 15 is 0 Å². The first-order valence-electron chi connectivity index (χ1n) is 6.65. The summed E-state index contributed by atoms with van der Waals surface area (Å²) in [6.45, 7) is -1.36. The Morgan fingerprint density at radius 3 is 2.41 bits per heavy atom. The zero-order chi connectivity index (χ0) is 16.3. The molecule has 5 atom stereocenters. The lowest BCUT2D eigenvalue weighted by atomic mass is 9.95. The molecule has 1 aromatic rings. The van der Waals surface area contributed by atoms with Crippen LogP contribution in [0, 0.1) is 0 Å². The molecule has 2 rings (SSSR count). The summed E-state index contributed by atoms with van der Waals surface area (Å²) in [6.07, 6.45) is -7.10. The minimum absolute atomic E-state index is 0.321. The van der Waals surface area contributed by atoms with Crippen LogP contribution in [0.5, 0.6) is 0 Å². The van der Waals surface area contributed by atoms with Gasteiger partial charge in [-0.15, -0.1) is 0 Å². The van der Waals surface area contributed by atoms with Crippen molar-refractivity contribution in [2.24, 2.45) is 0 Å². The van der Waals surface area contributed by atoms with Crippen LogP contribution in [0.2, 0.25) is 0 Å². The molecule has 1 heterocycles. The third-order valence-corrected chi connectivity index (χ3v) is 3.49. The molecule has 0 spiro atoms. The first-order chi connectivity index (χ1) is 10.4. The second-order valence-electron chi connectivity index (χ2n) is 4.97. The lowest BCUT2D eigenvalue weighted by Crippen LogP contribution is -2.68. The van der Waals surface area contributed by atoms with Crippen molar-refractivity contribution >= 4 is 5.78 Å². The number of rotatable bonds is 5. The molecule has 1 unspecified atom stereocenters. The van der Waals surface area contributed by atoms with Gasteiger partial charge < -0.3 is 35.0 Å². The van der Waals surface area contributed by atoms with E-state index in [-0.39, 0.29) is 0 Å². The van der Waals surface area contributed by atoms with E-state index in [1.807, 2.05) is 0 Å². The molecular formula is C14H18O8. The zero-order valence-corrected chi connectivity index (χ0v) is 11.6. The average molecular weight is 314 g/mol. The lowest BCUT2D eigenvalue weighted by molar-refractivity contribution is -0.391. The van der Waals surface area contributed by atoms with E-state index < -0.39 is 49.4 Å². The van der Waals surface area contributed by atoms with Gasteiger partial charge in [-0.1, -0.05) is 30.3 Å². The Hall–Kier alpha value is -1.39. The molecule has 122 valence electrons. The molecule has 1 aliphatic heterocycles. The Morgan fingerprint density at radius 1 is 1.18 bits per heavy atom. The summed E-state index contributed by atoms with van der Waals surface area (Å²) >= 11 is 0. The van der Waals surface area contributed by atoms with Crippen molar-refractivity contribution in [3.8, 4) is 0 Å². The van der Waals surface area contributed by atoms with Crippen LogP contribution in [0.15, 0.2) is 30.3 Å². The molecule has 8 heteroatoms. The van der Waals surface area contributed by atoms with Crippen LogP contribution in [0.3, 0.4) is 0 Å². The third kappa shape index (κ3) is 3.18. The smallest absolute Gasteiger partial charge is 0.227 e. The van der Waals surface area contributed by atoms with Crippen LogP contribution >= 0.6 is 0 Å². The van der Waals surface area contributed by atoms with E-state index in [0.717, 1.165) is 0 Å². The first-order valence-corrected chi connectivity index (χ1v) is 6.65. The van der Waals surface area contributed by atoms with Crippen molar-refractivity contribution in [1.82, 2.24) is 0 Å². The molecule has 1 aliphatic rings. The summed E-state index contributed by atoms with van der Waals surface area (Å²) in [4.78, 5) is 11.9. The minimum Gasteiger partial charge on any atom is -0.394 e. The summed E-state index contributed by atoms with van der Waals surface area (Å²) in [5.74, 6) is -3.13. The quantitative estimate of drug-likeness (QED) is 0.311. The molecule has 1 aromatic carbocycles. The molecular weight excluding hydrogens is 296 g/mol. The fourth-order valence-electron chi connectivity index (χ4n) is 2.18. The fourth-order valence-corrected chi connectivity index (χ4v) is 2.18. The van der Waals surface area contributed by atoms with Gasteiger partial charge in [0, 0.05) is 5.56 Å². The number of ketones is 1. The summed E-state index contributed by atoms with van der Waals surface area (Å²) in [5.41, 5.74) is 0.321. The van der Waals surface area contributed by atoms with Gasteiger partial charge in [-0.3, -0.25) is 4.79 Å². The Labute approximate surface area is 126 Å². The summed E-state index contributed by atoms with van der Waals surface area (Å²) in [5, 5.41) is 48.5. The third-order valence-electron chi connectivity index (χ3n) is 3.49. The predicted molar refractivity (Wildman–Crippen MR) is 71.7 cm³/mol. The molecule has 1 fully saturated rings. The van der Waals surface area contributed by atoms with Gasteiger partial charge in [0.25, 0.3) is 0 Å². The monoisotopic (exact) mass is 314 g/mol. The number of hydrogen-bond acceptors (Lipinski definition) is 8. The molecule has 22 heavy (non-hydrogen) atoms. The predicted octanol–water partition coefficient (Wildman–Crippen LogP) is -1.99. The number of ether oxygens (including phenoxy) is 2.